The van der Waals surface area contributed by atoms with Gasteiger partial charge in [-0.1, -0.05) is 0 Å². The minimum atomic E-state index is -3.00. The van der Waals surface area contributed by atoms with E-state index in [1.165, 1.54) is 11.1 Å². The van der Waals surface area contributed by atoms with E-state index >= 15 is 0 Å². The average molecular weight is 430 g/mol. The lowest BCUT2D eigenvalue weighted by Gasteiger charge is -2.45. The zero-order valence-corrected chi connectivity index (χ0v) is 16.0. The Balaban J connectivity index is 1.50. The molecule has 11 heteroatoms. The molecule has 5 rings (SSSR count). The van der Waals surface area contributed by atoms with E-state index in [4.69, 9.17) is 0 Å². The number of nitrogens with one attached hydrogen (secondary N) is 2. The van der Waals surface area contributed by atoms with Crippen LogP contribution in [0.2, 0.25) is 0 Å². The van der Waals surface area contributed by atoms with Gasteiger partial charge in [-0.3, -0.25) is 9.89 Å². The number of anilines is 1. The summed E-state index contributed by atoms with van der Waals surface area (Å²) >= 11 is 1.12. The highest BCUT2D eigenvalue weighted by molar-refractivity contribution is 7.18. The lowest BCUT2D eigenvalue weighted by atomic mass is 9.73. The van der Waals surface area contributed by atoms with Gasteiger partial charge in [-0.05, 0) is 6.42 Å². The monoisotopic (exact) mass is 430 g/mol. The quantitative estimate of drug-likeness (QED) is 0.655. The number of hydrogen-bond acceptors (Lipinski definition) is 5. The minimum Gasteiger partial charge on any atom is -0.389 e. The Morgan fingerprint density at radius 3 is 2.66 bits per heavy atom. The Morgan fingerprint density at radius 1 is 1.24 bits per heavy atom. The van der Waals surface area contributed by atoms with Crippen LogP contribution >= 0.6 is 11.3 Å². The van der Waals surface area contributed by atoms with Crippen molar-refractivity contribution in [2.24, 2.45) is 0 Å². The van der Waals surface area contributed by atoms with Gasteiger partial charge in [0.25, 0.3) is 17.8 Å². The third kappa shape index (κ3) is 3.20. The molecule has 29 heavy (non-hydrogen) atoms. The van der Waals surface area contributed by atoms with E-state index in [-0.39, 0.29) is 13.0 Å². The second-order valence-corrected chi connectivity index (χ2v) is 9.32. The number of halogens is 4. The molecule has 0 bridgehead atoms. The molecule has 6 nitrogen and oxygen atoms in total. The molecule has 1 aliphatic carbocycles. The number of carbonyl (C=O) groups is 1. The molecule has 0 unspecified atom stereocenters. The lowest BCUT2D eigenvalue weighted by molar-refractivity contribution is -0.208. The number of aromatic amines is 1. The van der Waals surface area contributed by atoms with Gasteiger partial charge in [0.1, 0.15) is 4.88 Å². The fraction of sp³-hybridized carbons (Fsp3) is 0.556. The van der Waals surface area contributed by atoms with Gasteiger partial charge in [-0.15, -0.1) is 11.3 Å². The van der Waals surface area contributed by atoms with Crippen molar-refractivity contribution >= 4 is 22.9 Å². The topological polar surface area (TPSA) is 81.2 Å². The summed E-state index contributed by atoms with van der Waals surface area (Å²) < 4.78 is 55.5. The highest BCUT2D eigenvalue weighted by atomic mass is 32.1. The van der Waals surface area contributed by atoms with Gasteiger partial charge in [0.05, 0.1) is 24.0 Å². The number of hydrogen-bond donors (Lipinski definition) is 3. The van der Waals surface area contributed by atoms with Gasteiger partial charge in [0, 0.05) is 54.0 Å². The summed E-state index contributed by atoms with van der Waals surface area (Å²) in [5.74, 6) is -6.36. The molecule has 0 spiro atoms. The first-order valence-electron chi connectivity index (χ1n) is 9.23. The van der Waals surface area contributed by atoms with Crippen LogP contribution in [0.1, 0.15) is 34.5 Å². The number of amides is 1. The van der Waals surface area contributed by atoms with E-state index in [2.05, 4.69) is 15.5 Å². The van der Waals surface area contributed by atoms with Gasteiger partial charge in [0.15, 0.2) is 0 Å². The van der Waals surface area contributed by atoms with Crippen molar-refractivity contribution in [3.63, 3.8) is 0 Å². The Morgan fingerprint density at radius 2 is 2.00 bits per heavy atom. The Bertz CT molecular complexity index is 967. The largest absolute Gasteiger partial charge is 0.389 e. The zero-order valence-electron chi connectivity index (χ0n) is 15.1. The molecule has 1 saturated carbocycles. The first-order valence-corrected chi connectivity index (χ1v) is 10.0. The number of H-pyrrole nitrogens is 1. The average Bonchev–Trinajstić information content (AvgIpc) is 3.15. The third-order valence-electron chi connectivity index (χ3n) is 5.70. The van der Waals surface area contributed by atoms with Crippen LogP contribution in [0.15, 0.2) is 12.4 Å². The van der Waals surface area contributed by atoms with Crippen LogP contribution in [-0.4, -0.2) is 57.8 Å². The van der Waals surface area contributed by atoms with Gasteiger partial charge in [-0.25, -0.2) is 17.6 Å². The number of aliphatic hydroxyl groups is 1. The number of aromatic nitrogens is 2. The van der Waals surface area contributed by atoms with Crippen LogP contribution in [0.4, 0.5) is 23.2 Å². The molecule has 156 valence electrons. The zero-order chi connectivity index (χ0) is 20.6. The van der Waals surface area contributed by atoms with Crippen LogP contribution in [0, 0.1) is 0 Å². The number of carbonyl (C=O) groups excluding carboxylic acids is 1. The van der Waals surface area contributed by atoms with Crippen LogP contribution in [0.25, 0.3) is 10.4 Å². The smallest absolute Gasteiger partial charge is 0.269 e. The molecule has 2 aliphatic heterocycles. The molecule has 0 saturated heterocycles. The standard InChI is InChI=1S/C18H18F4N4O2S/c19-17(20)2-11-12-14(29-13(11)9-3-23-24-4-9)15(27)25-10(5-26(12)8-17)1-16(28)6-18(21,22)7-16/h3-4,10,28H,1-2,5-8H2,(H,23,24)(H,25,27)/t10-/m1/s1. The second kappa shape index (κ2) is 5.94. The molecule has 1 fully saturated rings. The Kier molecular flexibility index (Phi) is 3.86. The molecule has 1 atom stereocenters. The first-order chi connectivity index (χ1) is 13.5. The summed E-state index contributed by atoms with van der Waals surface area (Å²) in [6.07, 6.45) is 1.16. The molecule has 1 amide bonds. The number of nitrogens with zero attached hydrogens (tertiary/aromatic N) is 2. The van der Waals surface area contributed by atoms with Gasteiger partial charge in [0.2, 0.25) is 0 Å². The van der Waals surface area contributed by atoms with E-state index in [0.29, 0.717) is 26.6 Å². The van der Waals surface area contributed by atoms with E-state index < -0.39 is 55.2 Å². The summed E-state index contributed by atoms with van der Waals surface area (Å²) in [6, 6.07) is -0.706. The molecule has 2 aromatic heterocycles. The molecule has 4 heterocycles. The fourth-order valence-corrected chi connectivity index (χ4v) is 5.96. The SMILES string of the molecule is O=C1N[C@H](CC2(O)CC(F)(F)C2)CN2CC(F)(F)Cc3c(-c4cn[nH]c4)sc1c32. The molecule has 3 N–H and O–H groups in total. The molecular weight excluding hydrogens is 412 g/mol. The van der Waals surface area contributed by atoms with E-state index in [9.17, 15) is 27.5 Å². The third-order valence-corrected chi connectivity index (χ3v) is 6.97. The molecule has 2 aromatic rings. The van der Waals surface area contributed by atoms with Crippen molar-refractivity contribution in [3.8, 4) is 10.4 Å². The lowest BCUT2D eigenvalue weighted by Crippen LogP contribution is -2.57. The maximum absolute atomic E-state index is 14.5. The molecule has 0 aromatic carbocycles. The highest BCUT2D eigenvalue weighted by Gasteiger charge is 2.57. The van der Waals surface area contributed by atoms with E-state index in [1.807, 2.05) is 0 Å². The maximum Gasteiger partial charge on any atom is 0.269 e. The van der Waals surface area contributed by atoms with E-state index in [1.54, 1.807) is 6.20 Å². The number of rotatable bonds is 3. The van der Waals surface area contributed by atoms with Crippen molar-refractivity contribution in [3.05, 3.63) is 22.8 Å². The normalized spacial score (nSPS) is 26.3. The maximum atomic E-state index is 14.5. The van der Waals surface area contributed by atoms with Crippen molar-refractivity contribution in [1.29, 1.82) is 0 Å². The predicted octanol–water partition coefficient (Wildman–Crippen LogP) is 2.80. The highest BCUT2D eigenvalue weighted by Crippen LogP contribution is 2.50. The van der Waals surface area contributed by atoms with Crippen LogP contribution in [0.3, 0.4) is 0 Å². The van der Waals surface area contributed by atoms with Crippen molar-refractivity contribution in [2.45, 2.75) is 49.2 Å². The van der Waals surface area contributed by atoms with Crippen LogP contribution in [0.5, 0.6) is 0 Å². The van der Waals surface area contributed by atoms with Crippen molar-refractivity contribution in [1.82, 2.24) is 15.5 Å². The van der Waals surface area contributed by atoms with Crippen LogP contribution < -0.4 is 10.2 Å². The summed E-state index contributed by atoms with van der Waals surface area (Å²) in [6.45, 7) is -0.536. The van der Waals surface area contributed by atoms with Gasteiger partial charge >= 0.3 is 0 Å². The summed E-state index contributed by atoms with van der Waals surface area (Å²) in [7, 11) is 0. The molecule has 3 aliphatic rings. The number of alkyl halides is 4. The predicted molar refractivity (Wildman–Crippen MR) is 97.8 cm³/mol. The minimum absolute atomic E-state index is 0.0246. The molecular formula is C18H18F4N4O2S. The Hall–Kier alpha value is -2.14. The van der Waals surface area contributed by atoms with Crippen molar-refractivity contribution in [2.75, 3.05) is 18.0 Å². The summed E-state index contributed by atoms with van der Waals surface area (Å²) in [4.78, 5) is 15.2. The van der Waals surface area contributed by atoms with E-state index in [0.717, 1.165) is 11.3 Å². The van der Waals surface area contributed by atoms with Crippen LogP contribution in [-0.2, 0) is 6.42 Å². The van der Waals surface area contributed by atoms with Gasteiger partial charge in [-0.2, -0.15) is 5.10 Å². The number of thiophene rings is 1. The fourth-order valence-electron chi connectivity index (χ4n) is 4.74. The Labute approximate surface area is 166 Å². The summed E-state index contributed by atoms with van der Waals surface area (Å²) in [5.41, 5.74) is -0.0936. The first kappa shape index (κ1) is 18.9. The summed E-state index contributed by atoms with van der Waals surface area (Å²) in [5, 5.41) is 19.6. The molecule has 0 radical (unpaired) electrons. The van der Waals surface area contributed by atoms with Gasteiger partial charge < -0.3 is 15.3 Å². The van der Waals surface area contributed by atoms with Crippen molar-refractivity contribution < 1.29 is 27.5 Å². The second-order valence-electron chi connectivity index (χ2n) is 8.30.